The smallest absolute Gasteiger partial charge is 0.410 e. The lowest BCUT2D eigenvalue weighted by Gasteiger charge is -2.29. The second-order valence-corrected chi connectivity index (χ2v) is 11.1. The molecule has 2 aromatic heterocycles. The highest BCUT2D eigenvalue weighted by atomic mass is 16.6. The number of hydrogen-bond acceptors (Lipinski definition) is 8. The largest absolute Gasteiger partial charge is 0.492 e. The average Bonchev–Trinajstić information content (AvgIpc) is 3.18. The highest BCUT2D eigenvalue weighted by molar-refractivity contribution is 5.71. The molecule has 0 aromatic carbocycles. The average molecular weight is 482 g/mol. The van der Waals surface area contributed by atoms with Crippen molar-refractivity contribution in [2.24, 2.45) is 17.8 Å². The van der Waals surface area contributed by atoms with Crippen molar-refractivity contribution >= 4 is 17.7 Å². The summed E-state index contributed by atoms with van der Waals surface area (Å²) < 4.78 is 17.0. The summed E-state index contributed by atoms with van der Waals surface area (Å²) in [5, 5.41) is 4.07. The number of carbonyl (C=O) groups excluding carboxylic acids is 1. The number of carbonyl (C=O) groups is 1. The van der Waals surface area contributed by atoms with Gasteiger partial charge < -0.3 is 23.8 Å². The molecule has 2 aromatic rings. The van der Waals surface area contributed by atoms with E-state index < -0.39 is 5.60 Å². The molecule has 0 radical (unpaired) electrons. The van der Waals surface area contributed by atoms with Crippen LogP contribution in [0.5, 0.6) is 5.75 Å². The normalized spacial score (nSPS) is 23.8. The lowest BCUT2D eigenvalue weighted by Crippen LogP contribution is -2.39. The van der Waals surface area contributed by atoms with Gasteiger partial charge in [-0.3, -0.25) is 4.98 Å². The maximum absolute atomic E-state index is 12.3. The molecular weight excluding hydrogens is 446 g/mol. The molecule has 1 amide bonds. The molecule has 1 saturated carbocycles. The van der Waals surface area contributed by atoms with Crippen molar-refractivity contribution in [3.8, 4) is 5.75 Å². The van der Waals surface area contributed by atoms with E-state index in [4.69, 9.17) is 14.0 Å². The minimum Gasteiger partial charge on any atom is -0.492 e. The fraction of sp³-hybridized carbons (Fsp3) is 0.615. The molecule has 1 saturated heterocycles. The molecule has 0 N–H and O–H groups in total. The van der Waals surface area contributed by atoms with Crippen molar-refractivity contribution in [1.29, 1.82) is 0 Å². The molecule has 9 nitrogen and oxygen atoms in total. The third-order valence-corrected chi connectivity index (χ3v) is 6.96. The predicted molar refractivity (Wildman–Crippen MR) is 131 cm³/mol. The Morgan fingerprint density at radius 3 is 2.57 bits per heavy atom. The first-order valence-corrected chi connectivity index (χ1v) is 12.5. The zero-order chi connectivity index (χ0) is 24.7. The number of rotatable bonds is 6. The molecule has 1 aliphatic carbocycles. The van der Waals surface area contributed by atoms with Crippen LogP contribution >= 0.6 is 0 Å². The summed E-state index contributed by atoms with van der Waals surface area (Å²) in [6, 6.07) is 4.63. The number of ether oxygens (including phenoxy) is 2. The number of anilines is 1. The Balaban J connectivity index is 1.07. The van der Waals surface area contributed by atoms with Crippen LogP contribution in [-0.2, 0) is 4.74 Å². The van der Waals surface area contributed by atoms with Crippen LogP contribution in [0.2, 0.25) is 0 Å². The molecule has 3 atom stereocenters. The highest BCUT2D eigenvalue weighted by Gasteiger charge is 2.56. The van der Waals surface area contributed by atoms with Gasteiger partial charge in [-0.1, -0.05) is 25.1 Å². The van der Waals surface area contributed by atoms with Gasteiger partial charge >= 0.3 is 12.1 Å². The van der Waals surface area contributed by atoms with Crippen LogP contribution in [0.1, 0.15) is 58.5 Å². The Morgan fingerprint density at radius 2 is 2.00 bits per heavy atom. The van der Waals surface area contributed by atoms with Gasteiger partial charge in [-0.15, -0.1) is 0 Å². The number of aromatic nitrogens is 3. The van der Waals surface area contributed by atoms with Crippen molar-refractivity contribution in [2.75, 3.05) is 37.7 Å². The fourth-order valence-electron chi connectivity index (χ4n) is 4.88. The van der Waals surface area contributed by atoms with E-state index >= 15 is 0 Å². The van der Waals surface area contributed by atoms with Crippen molar-refractivity contribution in [3.63, 3.8) is 0 Å². The Labute approximate surface area is 206 Å². The summed E-state index contributed by atoms with van der Waals surface area (Å²) in [4.78, 5) is 25.3. The summed E-state index contributed by atoms with van der Waals surface area (Å²) in [5.74, 6) is 3.64. The predicted octanol–water partition coefficient (Wildman–Crippen LogP) is 4.37. The van der Waals surface area contributed by atoms with Crippen molar-refractivity contribution in [1.82, 2.24) is 20.0 Å². The third-order valence-electron chi connectivity index (χ3n) is 6.96. The van der Waals surface area contributed by atoms with Crippen LogP contribution in [0, 0.1) is 17.8 Å². The van der Waals surface area contributed by atoms with Gasteiger partial charge in [0.1, 0.15) is 11.4 Å². The fourth-order valence-corrected chi connectivity index (χ4v) is 4.88. The zero-order valence-corrected chi connectivity index (χ0v) is 21.2. The molecule has 5 rings (SSSR count). The highest BCUT2D eigenvalue weighted by Crippen LogP contribution is 2.52. The first-order valence-electron chi connectivity index (χ1n) is 12.5. The molecule has 2 fully saturated rings. The first-order chi connectivity index (χ1) is 16.7. The van der Waals surface area contributed by atoms with Crippen molar-refractivity contribution in [3.05, 3.63) is 35.9 Å². The Bertz CT molecular complexity index is 1080. The molecule has 188 valence electrons. The van der Waals surface area contributed by atoms with Gasteiger partial charge in [0.25, 0.3) is 0 Å². The summed E-state index contributed by atoms with van der Waals surface area (Å²) in [5.41, 5.74) is 1.60. The minimum absolute atomic E-state index is 0.269. The molecule has 0 bridgehead atoms. The molecule has 4 heterocycles. The van der Waals surface area contributed by atoms with Crippen LogP contribution in [0.4, 0.5) is 10.8 Å². The number of pyridine rings is 1. The van der Waals surface area contributed by atoms with Crippen LogP contribution in [-0.4, -0.2) is 64.5 Å². The van der Waals surface area contributed by atoms with E-state index in [0.717, 1.165) is 42.4 Å². The van der Waals surface area contributed by atoms with E-state index in [9.17, 15) is 4.79 Å². The topological polar surface area (TPSA) is 93.8 Å². The van der Waals surface area contributed by atoms with Gasteiger partial charge in [0.15, 0.2) is 5.82 Å². The van der Waals surface area contributed by atoms with Crippen molar-refractivity contribution < 1.29 is 18.8 Å². The Morgan fingerprint density at radius 1 is 1.23 bits per heavy atom. The van der Waals surface area contributed by atoms with E-state index in [0.29, 0.717) is 43.5 Å². The molecule has 35 heavy (non-hydrogen) atoms. The van der Waals surface area contributed by atoms with Crippen LogP contribution in [0.15, 0.2) is 28.9 Å². The molecule has 9 heteroatoms. The summed E-state index contributed by atoms with van der Waals surface area (Å²) >= 11 is 0. The lowest BCUT2D eigenvalue weighted by molar-refractivity contribution is 0.0270. The first kappa shape index (κ1) is 23.6. The summed E-state index contributed by atoms with van der Waals surface area (Å²) in [7, 11) is 0. The quantitative estimate of drug-likeness (QED) is 0.600. The van der Waals surface area contributed by atoms with Crippen LogP contribution in [0.25, 0.3) is 5.57 Å². The van der Waals surface area contributed by atoms with Gasteiger partial charge in [0, 0.05) is 38.0 Å². The maximum Gasteiger partial charge on any atom is 0.410 e. The Kier molecular flexibility index (Phi) is 6.19. The molecule has 3 aliphatic rings. The van der Waals surface area contributed by atoms with Gasteiger partial charge in [0.05, 0.1) is 18.5 Å². The molecular formula is C26H35N5O4. The van der Waals surface area contributed by atoms with Gasteiger partial charge in [-0.05, 0) is 56.7 Å². The van der Waals surface area contributed by atoms with Crippen LogP contribution < -0.4 is 9.64 Å². The molecule has 2 unspecified atom stereocenters. The third kappa shape index (κ3) is 5.28. The van der Waals surface area contributed by atoms with Crippen molar-refractivity contribution in [2.45, 2.75) is 52.6 Å². The second kappa shape index (κ2) is 9.17. The van der Waals surface area contributed by atoms with Crippen LogP contribution in [0.3, 0.4) is 0 Å². The molecule has 2 aliphatic heterocycles. The SMILES string of the molecule is CC(C)c1noc(N2CC3C(COc4ccc(C5=CCN(C(=O)OC(C)(C)C)CC5)nc4)[C@@H]3C2)n1. The Hall–Kier alpha value is -3.10. The van der Waals surface area contributed by atoms with E-state index in [-0.39, 0.29) is 12.0 Å². The summed E-state index contributed by atoms with van der Waals surface area (Å²) in [6.45, 7) is 13.5. The van der Waals surface area contributed by atoms with E-state index in [2.05, 4.69) is 39.9 Å². The van der Waals surface area contributed by atoms with Gasteiger partial charge in [0.2, 0.25) is 0 Å². The number of hydrogen-bond donors (Lipinski definition) is 0. The molecule has 0 spiro atoms. The number of nitrogens with zero attached hydrogens (tertiary/aromatic N) is 5. The minimum atomic E-state index is -0.484. The number of amides is 1. The van der Waals surface area contributed by atoms with Gasteiger partial charge in [-0.2, -0.15) is 4.98 Å². The maximum atomic E-state index is 12.3. The second-order valence-electron chi connectivity index (χ2n) is 11.1. The van der Waals surface area contributed by atoms with E-state index in [1.807, 2.05) is 32.9 Å². The number of piperidine rings is 1. The lowest BCUT2D eigenvalue weighted by atomic mass is 10.0. The monoisotopic (exact) mass is 481 g/mol. The van der Waals surface area contributed by atoms with Gasteiger partial charge in [-0.25, -0.2) is 4.79 Å². The summed E-state index contributed by atoms with van der Waals surface area (Å²) in [6.07, 6.45) is 4.34. The standard InChI is InChI=1S/C26H35N5O4/c1-16(2)23-28-24(35-29-23)31-13-19-20(14-31)21(19)15-33-18-6-7-22(27-12-18)17-8-10-30(11-9-17)25(32)34-26(3,4)5/h6-8,12,16,19-21H,9-11,13-15H2,1-5H3/t19-,20?,21?/m1/s1. The van der Waals surface area contributed by atoms with E-state index in [1.165, 1.54) is 0 Å². The number of fused-ring (bicyclic) bond motifs is 1. The van der Waals surface area contributed by atoms with E-state index in [1.54, 1.807) is 11.1 Å². The zero-order valence-electron chi connectivity index (χ0n) is 21.2.